The number of hydrogen-bond donors (Lipinski definition) is 1. The predicted octanol–water partition coefficient (Wildman–Crippen LogP) is 3.29. The van der Waals surface area contributed by atoms with E-state index in [4.69, 9.17) is 0 Å². The molecule has 0 bridgehead atoms. The van der Waals surface area contributed by atoms with Crippen LogP contribution in [0, 0.1) is 17.3 Å². The lowest BCUT2D eigenvalue weighted by Crippen LogP contribution is -2.54. The van der Waals surface area contributed by atoms with Crippen molar-refractivity contribution >= 4 is 0 Å². The van der Waals surface area contributed by atoms with Crippen molar-refractivity contribution in [2.45, 2.75) is 71.9 Å². The molecule has 0 aromatic rings. The molecule has 2 nitrogen and oxygen atoms in total. The second-order valence-corrected chi connectivity index (χ2v) is 7.51. The molecule has 2 fully saturated rings. The van der Waals surface area contributed by atoms with E-state index in [9.17, 15) is 5.11 Å². The minimum absolute atomic E-state index is 0.109. The van der Waals surface area contributed by atoms with Crippen LogP contribution in [0.15, 0.2) is 0 Å². The Balaban J connectivity index is 1.93. The van der Waals surface area contributed by atoms with Crippen LogP contribution in [0.5, 0.6) is 0 Å². The molecular formula is C16H31NO. The molecule has 1 saturated heterocycles. The minimum Gasteiger partial charge on any atom is -0.391 e. The van der Waals surface area contributed by atoms with Crippen molar-refractivity contribution in [1.82, 2.24) is 4.90 Å². The number of piperidine rings is 1. The van der Waals surface area contributed by atoms with Crippen LogP contribution >= 0.6 is 0 Å². The van der Waals surface area contributed by atoms with Crippen LogP contribution in [-0.2, 0) is 0 Å². The fourth-order valence-electron chi connectivity index (χ4n) is 3.89. The van der Waals surface area contributed by atoms with Crippen LogP contribution in [0.4, 0.5) is 0 Å². The Morgan fingerprint density at radius 2 is 1.72 bits per heavy atom. The molecule has 18 heavy (non-hydrogen) atoms. The molecule has 0 aromatic carbocycles. The van der Waals surface area contributed by atoms with Crippen molar-refractivity contribution in [1.29, 1.82) is 0 Å². The van der Waals surface area contributed by atoms with Crippen molar-refractivity contribution < 1.29 is 5.11 Å². The van der Waals surface area contributed by atoms with Crippen molar-refractivity contribution in [2.24, 2.45) is 17.3 Å². The molecule has 106 valence electrons. The molecule has 0 radical (unpaired) electrons. The predicted molar refractivity (Wildman–Crippen MR) is 76.6 cm³/mol. The van der Waals surface area contributed by atoms with Crippen LogP contribution in [-0.4, -0.2) is 35.2 Å². The topological polar surface area (TPSA) is 23.5 Å². The van der Waals surface area contributed by atoms with E-state index in [0.717, 1.165) is 11.8 Å². The Morgan fingerprint density at radius 1 is 1.11 bits per heavy atom. The van der Waals surface area contributed by atoms with E-state index >= 15 is 0 Å². The Kier molecular flexibility index (Phi) is 4.38. The van der Waals surface area contributed by atoms with Gasteiger partial charge in [0.15, 0.2) is 0 Å². The van der Waals surface area contributed by atoms with Gasteiger partial charge < -0.3 is 5.11 Å². The fourth-order valence-corrected chi connectivity index (χ4v) is 3.89. The molecular weight excluding hydrogens is 222 g/mol. The SMILES string of the molecule is CC(C)C1CCN(C2CCCC(C)(C)C2O)CC1. The maximum Gasteiger partial charge on any atom is 0.0746 e. The van der Waals surface area contributed by atoms with Crippen LogP contribution in [0.25, 0.3) is 0 Å². The van der Waals surface area contributed by atoms with E-state index in [1.807, 2.05) is 0 Å². The molecule has 0 aromatic heterocycles. The Morgan fingerprint density at radius 3 is 2.28 bits per heavy atom. The number of likely N-dealkylation sites (tertiary alicyclic amines) is 1. The summed E-state index contributed by atoms with van der Waals surface area (Å²) in [5, 5.41) is 10.6. The van der Waals surface area contributed by atoms with Gasteiger partial charge in [-0.25, -0.2) is 0 Å². The molecule has 1 heterocycles. The van der Waals surface area contributed by atoms with Crippen LogP contribution in [0.2, 0.25) is 0 Å². The summed E-state index contributed by atoms with van der Waals surface area (Å²) in [6.07, 6.45) is 6.15. The van der Waals surface area contributed by atoms with Gasteiger partial charge in [-0.1, -0.05) is 34.1 Å². The highest BCUT2D eigenvalue weighted by atomic mass is 16.3. The summed E-state index contributed by atoms with van der Waals surface area (Å²) in [6, 6.07) is 0.418. The molecule has 1 aliphatic heterocycles. The number of aliphatic hydroxyl groups excluding tert-OH is 1. The lowest BCUT2D eigenvalue weighted by Gasteiger charge is -2.48. The molecule has 0 spiro atoms. The first-order valence-corrected chi connectivity index (χ1v) is 7.84. The molecule has 2 atom stereocenters. The smallest absolute Gasteiger partial charge is 0.0746 e. The molecule has 0 amide bonds. The average Bonchev–Trinajstić information content (AvgIpc) is 2.33. The summed E-state index contributed by atoms with van der Waals surface area (Å²) < 4.78 is 0. The Bertz CT molecular complexity index is 266. The second-order valence-electron chi connectivity index (χ2n) is 7.51. The van der Waals surface area contributed by atoms with E-state index in [1.54, 1.807) is 0 Å². The summed E-state index contributed by atoms with van der Waals surface area (Å²) in [4.78, 5) is 2.57. The van der Waals surface area contributed by atoms with E-state index in [0.29, 0.717) is 6.04 Å². The van der Waals surface area contributed by atoms with Gasteiger partial charge in [-0.3, -0.25) is 4.90 Å². The normalized spacial score (nSPS) is 35.0. The molecule has 1 N–H and O–H groups in total. The van der Waals surface area contributed by atoms with Gasteiger partial charge in [-0.05, 0) is 56.0 Å². The summed E-state index contributed by atoms with van der Waals surface area (Å²) in [5.74, 6) is 1.72. The van der Waals surface area contributed by atoms with Gasteiger partial charge in [0.05, 0.1) is 6.10 Å². The van der Waals surface area contributed by atoms with Gasteiger partial charge in [0.25, 0.3) is 0 Å². The molecule has 1 saturated carbocycles. The van der Waals surface area contributed by atoms with Crippen molar-refractivity contribution in [3.05, 3.63) is 0 Å². The maximum absolute atomic E-state index is 10.6. The summed E-state index contributed by atoms with van der Waals surface area (Å²) in [6.45, 7) is 11.5. The number of rotatable bonds is 2. The Labute approximate surface area is 113 Å². The first-order chi connectivity index (χ1) is 8.42. The van der Waals surface area contributed by atoms with E-state index in [2.05, 4.69) is 32.6 Å². The zero-order valence-electron chi connectivity index (χ0n) is 12.7. The summed E-state index contributed by atoms with van der Waals surface area (Å²) in [5.41, 5.74) is 0.109. The van der Waals surface area contributed by atoms with Gasteiger partial charge in [0.1, 0.15) is 0 Å². The molecule has 2 rings (SSSR count). The van der Waals surface area contributed by atoms with Crippen molar-refractivity contribution in [3.63, 3.8) is 0 Å². The zero-order valence-corrected chi connectivity index (χ0v) is 12.7. The highest BCUT2D eigenvalue weighted by molar-refractivity contribution is 4.94. The van der Waals surface area contributed by atoms with Gasteiger partial charge in [0, 0.05) is 6.04 Å². The van der Waals surface area contributed by atoms with Gasteiger partial charge in [-0.15, -0.1) is 0 Å². The maximum atomic E-state index is 10.6. The van der Waals surface area contributed by atoms with Gasteiger partial charge >= 0.3 is 0 Å². The van der Waals surface area contributed by atoms with Gasteiger partial charge in [-0.2, -0.15) is 0 Å². The second kappa shape index (κ2) is 5.50. The quantitative estimate of drug-likeness (QED) is 0.816. The summed E-state index contributed by atoms with van der Waals surface area (Å²) >= 11 is 0. The molecule has 2 unspecified atom stereocenters. The lowest BCUT2D eigenvalue weighted by atomic mass is 9.71. The average molecular weight is 253 g/mol. The fraction of sp³-hybridized carbons (Fsp3) is 1.00. The van der Waals surface area contributed by atoms with Crippen molar-refractivity contribution in [3.8, 4) is 0 Å². The van der Waals surface area contributed by atoms with Crippen LogP contribution in [0.1, 0.15) is 59.8 Å². The van der Waals surface area contributed by atoms with E-state index in [-0.39, 0.29) is 11.5 Å². The first kappa shape index (κ1) is 14.3. The third-order valence-electron chi connectivity index (χ3n) is 5.47. The monoisotopic (exact) mass is 253 g/mol. The highest BCUT2D eigenvalue weighted by Crippen LogP contribution is 2.39. The first-order valence-electron chi connectivity index (χ1n) is 7.84. The number of nitrogens with zero attached hydrogens (tertiary/aromatic N) is 1. The minimum atomic E-state index is -0.137. The third kappa shape index (κ3) is 2.91. The van der Waals surface area contributed by atoms with Gasteiger partial charge in [0.2, 0.25) is 0 Å². The Hall–Kier alpha value is -0.0800. The largest absolute Gasteiger partial charge is 0.391 e. The van der Waals surface area contributed by atoms with Crippen LogP contribution in [0.3, 0.4) is 0 Å². The molecule has 2 heteroatoms. The van der Waals surface area contributed by atoms with E-state index in [1.165, 1.54) is 45.2 Å². The number of hydrogen-bond acceptors (Lipinski definition) is 2. The standard InChI is InChI=1S/C16H31NO/c1-12(2)13-7-10-17(11-8-13)14-6-5-9-16(3,4)15(14)18/h12-15,18H,5-11H2,1-4H3. The zero-order chi connectivity index (χ0) is 13.3. The highest BCUT2D eigenvalue weighted by Gasteiger charge is 2.41. The third-order valence-corrected chi connectivity index (χ3v) is 5.47. The molecule has 2 aliphatic rings. The lowest BCUT2D eigenvalue weighted by molar-refractivity contribution is -0.0662. The van der Waals surface area contributed by atoms with Crippen molar-refractivity contribution in [2.75, 3.05) is 13.1 Å². The van der Waals surface area contributed by atoms with E-state index < -0.39 is 0 Å². The number of aliphatic hydroxyl groups is 1. The summed E-state index contributed by atoms with van der Waals surface area (Å²) in [7, 11) is 0. The van der Waals surface area contributed by atoms with Crippen LogP contribution < -0.4 is 0 Å². The molecule has 1 aliphatic carbocycles.